The van der Waals surface area contributed by atoms with Crippen LogP contribution in [0.5, 0.6) is 11.5 Å². The molecule has 0 amide bonds. The zero-order valence-electron chi connectivity index (χ0n) is 24.0. The van der Waals surface area contributed by atoms with Crippen molar-refractivity contribution in [2.24, 2.45) is 0 Å². The van der Waals surface area contributed by atoms with E-state index in [2.05, 4.69) is 72.8 Å². The minimum atomic E-state index is 0.359. The molecule has 0 saturated carbocycles. The zero-order chi connectivity index (χ0) is 29.4. The van der Waals surface area contributed by atoms with E-state index in [1.807, 2.05) is 72.8 Å². The van der Waals surface area contributed by atoms with Gasteiger partial charge >= 0.3 is 0 Å². The third-order valence-electron chi connectivity index (χ3n) is 7.67. The molecule has 2 N–H and O–H groups in total. The molecular weight excluding hydrogens is 545 g/mol. The first-order chi connectivity index (χ1) is 21.1. The van der Waals surface area contributed by atoms with Crippen molar-refractivity contribution in [2.75, 3.05) is 0 Å². The second-order valence-corrected chi connectivity index (χ2v) is 12.1. The van der Waals surface area contributed by atoms with E-state index in [9.17, 15) is 10.2 Å². The third-order valence-corrected chi connectivity index (χ3v) is 8.61. The highest BCUT2D eigenvalue weighted by Crippen LogP contribution is 2.39. The highest BCUT2D eigenvalue weighted by Gasteiger charge is 2.16. The fourth-order valence-corrected chi connectivity index (χ4v) is 6.59. The molecule has 43 heavy (non-hydrogen) atoms. The van der Waals surface area contributed by atoms with E-state index in [0.717, 1.165) is 54.3 Å². The second kappa shape index (κ2) is 13.5. The van der Waals surface area contributed by atoms with Gasteiger partial charge in [0.1, 0.15) is 11.5 Å². The standard InChI is InChI=1S/C40H34O2S/c41-39-33(21-29-13-5-1-6-14-29)25-37(26-34(39)22-30-15-7-2-8-16-30)43-38-27-35(23-31-17-9-3-10-18-31)40(42)36(28-38)24-32-19-11-4-12-20-32/h1-20,25-28,41-42H,21-24H2. The van der Waals surface area contributed by atoms with Crippen LogP contribution in [0.15, 0.2) is 155 Å². The molecule has 6 rings (SSSR count). The summed E-state index contributed by atoms with van der Waals surface area (Å²) >= 11 is 1.68. The van der Waals surface area contributed by atoms with E-state index in [1.54, 1.807) is 11.8 Å². The number of phenols is 2. The molecule has 0 spiro atoms. The quantitative estimate of drug-likeness (QED) is 0.170. The van der Waals surface area contributed by atoms with Crippen LogP contribution in [-0.2, 0) is 25.7 Å². The van der Waals surface area contributed by atoms with Gasteiger partial charge in [0.25, 0.3) is 0 Å². The zero-order valence-corrected chi connectivity index (χ0v) is 24.8. The van der Waals surface area contributed by atoms with Crippen LogP contribution in [0.4, 0.5) is 0 Å². The molecule has 2 nitrogen and oxygen atoms in total. The summed E-state index contributed by atoms with van der Waals surface area (Å²) in [6.45, 7) is 0. The number of hydrogen-bond acceptors (Lipinski definition) is 3. The van der Waals surface area contributed by atoms with Gasteiger partial charge in [-0.05, 0) is 68.8 Å². The van der Waals surface area contributed by atoms with Crippen molar-refractivity contribution in [2.45, 2.75) is 35.5 Å². The highest BCUT2D eigenvalue weighted by atomic mass is 32.2. The van der Waals surface area contributed by atoms with Crippen LogP contribution in [0.25, 0.3) is 0 Å². The third kappa shape index (κ3) is 7.38. The van der Waals surface area contributed by atoms with Crippen molar-refractivity contribution >= 4 is 11.8 Å². The Labute approximate surface area is 258 Å². The van der Waals surface area contributed by atoms with Crippen LogP contribution < -0.4 is 0 Å². The maximum Gasteiger partial charge on any atom is 0.122 e. The molecular formula is C40H34O2S. The molecule has 0 fully saturated rings. The van der Waals surface area contributed by atoms with Gasteiger partial charge in [0.05, 0.1) is 0 Å². The monoisotopic (exact) mass is 578 g/mol. The SMILES string of the molecule is Oc1c(Cc2ccccc2)cc(Sc2cc(Cc3ccccc3)c(O)c(Cc3ccccc3)c2)cc1Cc1ccccc1. The lowest BCUT2D eigenvalue weighted by molar-refractivity contribution is 0.462. The molecule has 0 saturated heterocycles. The Hall–Kier alpha value is -4.73. The molecule has 0 aromatic heterocycles. The van der Waals surface area contributed by atoms with Gasteiger partial charge in [-0.15, -0.1) is 0 Å². The lowest BCUT2D eigenvalue weighted by Crippen LogP contribution is -1.97. The Morgan fingerprint density at radius 2 is 0.581 bits per heavy atom. The molecule has 0 aliphatic carbocycles. The van der Waals surface area contributed by atoms with Crippen LogP contribution in [0.2, 0.25) is 0 Å². The first-order valence-electron chi connectivity index (χ1n) is 14.6. The van der Waals surface area contributed by atoms with Crippen LogP contribution in [0.1, 0.15) is 44.5 Å². The molecule has 3 heteroatoms. The maximum absolute atomic E-state index is 11.4. The van der Waals surface area contributed by atoms with E-state index < -0.39 is 0 Å². The molecule has 0 heterocycles. The van der Waals surface area contributed by atoms with Gasteiger partial charge in [-0.3, -0.25) is 0 Å². The molecule has 212 valence electrons. The maximum atomic E-state index is 11.4. The van der Waals surface area contributed by atoms with Gasteiger partial charge < -0.3 is 10.2 Å². The van der Waals surface area contributed by atoms with Crippen molar-refractivity contribution in [1.82, 2.24) is 0 Å². The summed E-state index contributed by atoms with van der Waals surface area (Å²) in [5.41, 5.74) is 8.28. The van der Waals surface area contributed by atoms with Crippen molar-refractivity contribution < 1.29 is 10.2 Å². The average molecular weight is 579 g/mol. The van der Waals surface area contributed by atoms with E-state index in [-0.39, 0.29) is 0 Å². The summed E-state index contributed by atoms with van der Waals surface area (Å²) in [6.07, 6.45) is 2.60. The normalized spacial score (nSPS) is 11.0. The van der Waals surface area contributed by atoms with E-state index in [4.69, 9.17) is 0 Å². The van der Waals surface area contributed by atoms with Gasteiger partial charge in [-0.25, -0.2) is 0 Å². The predicted molar refractivity (Wildman–Crippen MR) is 177 cm³/mol. The van der Waals surface area contributed by atoms with Crippen LogP contribution in [0, 0.1) is 0 Å². The number of aromatic hydroxyl groups is 2. The van der Waals surface area contributed by atoms with Crippen LogP contribution >= 0.6 is 11.8 Å². The lowest BCUT2D eigenvalue weighted by atomic mass is 9.97. The van der Waals surface area contributed by atoms with Crippen molar-refractivity contribution in [1.29, 1.82) is 0 Å². The fourth-order valence-electron chi connectivity index (χ4n) is 5.51. The minimum Gasteiger partial charge on any atom is -0.507 e. The topological polar surface area (TPSA) is 40.5 Å². The van der Waals surface area contributed by atoms with E-state index in [1.165, 1.54) is 0 Å². The average Bonchev–Trinajstić information content (AvgIpc) is 3.04. The molecule has 0 bridgehead atoms. The minimum absolute atomic E-state index is 0.359. The van der Waals surface area contributed by atoms with Gasteiger partial charge in [0, 0.05) is 35.5 Å². The van der Waals surface area contributed by atoms with Crippen molar-refractivity contribution in [3.05, 3.63) is 190 Å². The molecule has 0 aliphatic rings. The lowest BCUT2D eigenvalue weighted by Gasteiger charge is -2.16. The Morgan fingerprint density at radius 3 is 0.814 bits per heavy atom. The van der Waals surface area contributed by atoms with E-state index >= 15 is 0 Å². The van der Waals surface area contributed by atoms with Gasteiger partial charge in [0.2, 0.25) is 0 Å². The number of hydrogen-bond donors (Lipinski definition) is 2. The molecule has 6 aromatic rings. The fraction of sp³-hybridized carbons (Fsp3) is 0.100. The van der Waals surface area contributed by atoms with E-state index in [0.29, 0.717) is 37.2 Å². The summed E-state index contributed by atoms with van der Waals surface area (Å²) < 4.78 is 0. The summed E-state index contributed by atoms with van der Waals surface area (Å²) in [4.78, 5) is 2.13. The second-order valence-electron chi connectivity index (χ2n) is 10.9. The Bertz CT molecular complexity index is 1520. The Kier molecular flexibility index (Phi) is 8.91. The molecule has 0 aliphatic heterocycles. The summed E-state index contributed by atoms with van der Waals surface area (Å²) in [7, 11) is 0. The Balaban J connectivity index is 1.39. The highest BCUT2D eigenvalue weighted by molar-refractivity contribution is 7.99. The Morgan fingerprint density at radius 1 is 0.349 bits per heavy atom. The largest absolute Gasteiger partial charge is 0.507 e. The molecule has 0 atom stereocenters. The van der Waals surface area contributed by atoms with Crippen molar-refractivity contribution in [3.8, 4) is 11.5 Å². The smallest absolute Gasteiger partial charge is 0.122 e. The number of rotatable bonds is 10. The van der Waals surface area contributed by atoms with Crippen molar-refractivity contribution in [3.63, 3.8) is 0 Å². The predicted octanol–water partition coefficient (Wildman–Crippen LogP) is 9.61. The molecule has 0 unspecified atom stereocenters. The first kappa shape index (κ1) is 28.4. The first-order valence-corrected chi connectivity index (χ1v) is 15.5. The van der Waals surface area contributed by atoms with Gasteiger partial charge in [-0.2, -0.15) is 0 Å². The molecule has 0 radical (unpaired) electrons. The number of phenolic OH excluding ortho intramolecular Hbond substituents is 2. The summed E-state index contributed by atoms with van der Waals surface area (Å²) in [6, 6.07) is 49.6. The molecule has 6 aromatic carbocycles. The van der Waals surface area contributed by atoms with Gasteiger partial charge in [0.15, 0.2) is 0 Å². The number of benzene rings is 6. The summed E-state index contributed by atoms with van der Waals surface area (Å²) in [5, 5.41) is 22.8. The van der Waals surface area contributed by atoms with Crippen LogP contribution in [0.3, 0.4) is 0 Å². The summed E-state index contributed by atoms with van der Waals surface area (Å²) in [5.74, 6) is 0.717. The van der Waals surface area contributed by atoms with Crippen LogP contribution in [-0.4, -0.2) is 10.2 Å². The van der Waals surface area contributed by atoms with Gasteiger partial charge in [-0.1, -0.05) is 133 Å².